The first-order valence-corrected chi connectivity index (χ1v) is 18.3. The summed E-state index contributed by atoms with van der Waals surface area (Å²) in [6, 6.07) is 42.8. The normalized spacial score (nSPS) is 22.5. The van der Waals surface area contributed by atoms with Crippen molar-refractivity contribution in [2.24, 2.45) is 17.8 Å². The van der Waals surface area contributed by atoms with E-state index >= 15 is 0 Å². The van der Waals surface area contributed by atoms with Crippen molar-refractivity contribution in [3.05, 3.63) is 126 Å². The number of thiophene rings is 1. The van der Waals surface area contributed by atoms with Gasteiger partial charge in [-0.1, -0.05) is 78.9 Å². The van der Waals surface area contributed by atoms with Crippen LogP contribution in [0, 0.1) is 29.1 Å². The first-order valence-electron chi connectivity index (χ1n) is 17.5. The predicted molar refractivity (Wildman–Crippen MR) is 199 cm³/mol. The van der Waals surface area contributed by atoms with Crippen molar-refractivity contribution in [1.82, 2.24) is 15.0 Å². The molecule has 236 valence electrons. The number of nitriles is 1. The van der Waals surface area contributed by atoms with E-state index in [1.54, 1.807) is 11.3 Å². The van der Waals surface area contributed by atoms with E-state index in [9.17, 15) is 5.26 Å². The van der Waals surface area contributed by atoms with Crippen molar-refractivity contribution in [2.75, 3.05) is 0 Å². The Bertz CT molecular complexity index is 2400. The Balaban J connectivity index is 1.04. The monoisotopic (exact) mass is 650 g/mol. The lowest BCUT2D eigenvalue weighted by Gasteiger charge is -2.57. The Labute approximate surface area is 290 Å². The maximum absolute atomic E-state index is 9.51. The number of rotatable bonds is 5. The molecule has 0 saturated heterocycles. The fourth-order valence-corrected chi connectivity index (χ4v) is 10.7. The minimum absolute atomic E-state index is 0.365. The molecule has 4 bridgehead atoms. The Morgan fingerprint density at radius 1 is 0.531 bits per heavy atom. The summed E-state index contributed by atoms with van der Waals surface area (Å²) >= 11 is 1.76. The van der Waals surface area contributed by atoms with E-state index in [2.05, 4.69) is 91.0 Å². The van der Waals surface area contributed by atoms with Crippen LogP contribution in [0.25, 0.3) is 65.5 Å². The van der Waals surface area contributed by atoms with E-state index < -0.39 is 0 Å². The number of hydrogen-bond donors (Lipinski definition) is 0. The third kappa shape index (κ3) is 4.97. The van der Waals surface area contributed by atoms with Gasteiger partial charge in [0, 0.05) is 36.9 Å². The molecule has 4 saturated carbocycles. The van der Waals surface area contributed by atoms with Crippen molar-refractivity contribution >= 4 is 31.5 Å². The van der Waals surface area contributed by atoms with Crippen molar-refractivity contribution in [3.8, 4) is 51.4 Å². The topological polar surface area (TPSA) is 62.5 Å². The van der Waals surface area contributed by atoms with Crippen molar-refractivity contribution in [2.45, 2.75) is 43.9 Å². The van der Waals surface area contributed by atoms with Crippen LogP contribution in [-0.2, 0) is 5.41 Å². The van der Waals surface area contributed by atoms with Crippen LogP contribution in [0.15, 0.2) is 115 Å². The molecule has 2 aromatic heterocycles. The number of hydrogen-bond acceptors (Lipinski definition) is 5. The van der Waals surface area contributed by atoms with Crippen LogP contribution >= 0.6 is 11.3 Å². The molecule has 0 radical (unpaired) electrons. The van der Waals surface area contributed by atoms with Gasteiger partial charge in [0.05, 0.1) is 11.6 Å². The van der Waals surface area contributed by atoms with Gasteiger partial charge >= 0.3 is 0 Å². The first kappa shape index (κ1) is 28.8. The molecule has 0 spiro atoms. The summed E-state index contributed by atoms with van der Waals surface area (Å²) in [5.41, 5.74) is 7.72. The molecule has 11 rings (SSSR count). The summed E-state index contributed by atoms with van der Waals surface area (Å²) in [6.45, 7) is 0. The third-order valence-electron chi connectivity index (χ3n) is 11.5. The standard InChI is InChI=1S/C44H34N4S/c45-26-27-9-15-39-37(20-27)38-22-34(12-16-40(38)49-39)33-7-4-8-35(21-33)43-47-41(31-5-2-1-3-6-31)46-42(48-43)32-10-13-36(14-11-32)44-23-28-17-29(24-44)19-30(18-28)25-44/h1-16,20-22,28-30H,17-19,23-25H2. The van der Waals surface area contributed by atoms with Crippen LogP contribution in [0.2, 0.25) is 0 Å². The molecule has 0 N–H and O–H groups in total. The second kappa shape index (κ2) is 11.2. The molecule has 0 aliphatic heterocycles. The quantitative estimate of drug-likeness (QED) is 0.186. The van der Waals surface area contributed by atoms with Gasteiger partial charge in [-0.25, -0.2) is 15.0 Å². The average molecular weight is 651 g/mol. The van der Waals surface area contributed by atoms with Gasteiger partial charge in [-0.15, -0.1) is 11.3 Å². The Morgan fingerprint density at radius 3 is 1.73 bits per heavy atom. The summed E-state index contributed by atoms with van der Waals surface area (Å²) in [5.74, 6) is 4.80. The largest absolute Gasteiger partial charge is 0.208 e. The fraction of sp³-hybridized carbons (Fsp3) is 0.227. The van der Waals surface area contributed by atoms with Gasteiger partial charge in [-0.05, 0) is 115 Å². The predicted octanol–water partition coefficient (Wildman–Crippen LogP) is 11.2. The van der Waals surface area contributed by atoms with Gasteiger partial charge in [0.2, 0.25) is 0 Å². The van der Waals surface area contributed by atoms with Crippen LogP contribution in [0.5, 0.6) is 0 Å². The van der Waals surface area contributed by atoms with Crippen molar-refractivity contribution in [3.63, 3.8) is 0 Å². The van der Waals surface area contributed by atoms with Crippen molar-refractivity contribution in [1.29, 1.82) is 5.26 Å². The smallest absolute Gasteiger partial charge is 0.164 e. The number of benzene rings is 5. The molecule has 4 nitrogen and oxygen atoms in total. The van der Waals surface area contributed by atoms with Gasteiger partial charge in [0.25, 0.3) is 0 Å². The Morgan fingerprint density at radius 2 is 1.06 bits per heavy atom. The molecule has 0 atom stereocenters. The number of nitrogens with zero attached hydrogens (tertiary/aromatic N) is 4. The second-order valence-electron chi connectivity index (χ2n) is 14.7. The second-order valence-corrected chi connectivity index (χ2v) is 15.7. The molecule has 4 aliphatic carbocycles. The lowest BCUT2D eigenvalue weighted by atomic mass is 9.48. The number of aromatic nitrogens is 3. The molecular formula is C44H34N4S. The van der Waals surface area contributed by atoms with Gasteiger partial charge in [0.1, 0.15) is 0 Å². The summed E-state index contributed by atoms with van der Waals surface area (Å²) in [4.78, 5) is 15.2. The molecule has 5 heteroatoms. The third-order valence-corrected chi connectivity index (χ3v) is 12.7. The maximum atomic E-state index is 9.51. The van der Waals surface area contributed by atoms with E-state index in [1.807, 2.05) is 30.3 Å². The molecule has 4 fully saturated rings. The highest BCUT2D eigenvalue weighted by Crippen LogP contribution is 2.60. The molecule has 2 heterocycles. The zero-order valence-electron chi connectivity index (χ0n) is 27.1. The Kier molecular flexibility index (Phi) is 6.57. The highest BCUT2D eigenvalue weighted by Gasteiger charge is 2.51. The highest BCUT2D eigenvalue weighted by atomic mass is 32.1. The van der Waals surface area contributed by atoms with Crippen LogP contribution < -0.4 is 0 Å². The summed E-state index contributed by atoms with van der Waals surface area (Å²) < 4.78 is 2.41. The van der Waals surface area contributed by atoms with E-state index in [0.717, 1.165) is 51.0 Å². The van der Waals surface area contributed by atoms with Gasteiger partial charge < -0.3 is 0 Å². The molecule has 7 aromatic rings. The summed E-state index contributed by atoms with van der Waals surface area (Å²) in [7, 11) is 0. The van der Waals surface area contributed by atoms with Crippen LogP contribution in [0.1, 0.15) is 49.7 Å². The SMILES string of the molecule is N#Cc1ccc2sc3ccc(-c4cccc(-c5nc(-c6ccccc6)nc(-c6ccc(C78CC9CC(CC(C9)C7)C8)cc6)n5)c4)cc3c2c1. The van der Waals surface area contributed by atoms with Gasteiger partial charge in [-0.3, -0.25) is 0 Å². The first-order chi connectivity index (χ1) is 24.1. The zero-order chi connectivity index (χ0) is 32.5. The fourth-order valence-electron chi connectivity index (χ4n) is 9.65. The van der Waals surface area contributed by atoms with Gasteiger partial charge in [0.15, 0.2) is 17.5 Å². The van der Waals surface area contributed by atoms with Crippen molar-refractivity contribution < 1.29 is 0 Å². The molecular weight excluding hydrogens is 617 g/mol. The van der Waals surface area contributed by atoms with E-state index in [0.29, 0.717) is 28.5 Å². The Hall–Kier alpha value is -5.18. The lowest BCUT2D eigenvalue weighted by Crippen LogP contribution is -2.48. The summed E-state index contributed by atoms with van der Waals surface area (Å²) in [5, 5.41) is 11.8. The number of fused-ring (bicyclic) bond motifs is 3. The van der Waals surface area contributed by atoms with E-state index in [-0.39, 0.29) is 0 Å². The molecule has 0 unspecified atom stereocenters. The maximum Gasteiger partial charge on any atom is 0.164 e. The molecule has 4 aliphatic rings. The molecule has 0 amide bonds. The van der Waals surface area contributed by atoms with Gasteiger partial charge in [-0.2, -0.15) is 5.26 Å². The lowest BCUT2D eigenvalue weighted by molar-refractivity contribution is -0.00518. The zero-order valence-corrected chi connectivity index (χ0v) is 28.0. The van der Waals surface area contributed by atoms with Crippen LogP contribution in [-0.4, -0.2) is 15.0 Å². The highest BCUT2D eigenvalue weighted by molar-refractivity contribution is 7.25. The van der Waals surface area contributed by atoms with Crippen LogP contribution in [0.3, 0.4) is 0 Å². The minimum atomic E-state index is 0.365. The molecule has 5 aromatic carbocycles. The minimum Gasteiger partial charge on any atom is -0.208 e. The van der Waals surface area contributed by atoms with E-state index in [4.69, 9.17) is 15.0 Å². The molecule has 49 heavy (non-hydrogen) atoms. The average Bonchev–Trinajstić information content (AvgIpc) is 3.52. The van der Waals surface area contributed by atoms with Crippen LogP contribution in [0.4, 0.5) is 0 Å². The van der Waals surface area contributed by atoms with E-state index in [1.165, 1.54) is 58.9 Å². The summed E-state index contributed by atoms with van der Waals surface area (Å²) in [6.07, 6.45) is 8.45.